The van der Waals surface area contributed by atoms with Crippen molar-refractivity contribution >= 4 is 17.4 Å². The van der Waals surface area contributed by atoms with Crippen LogP contribution < -0.4 is 0 Å². The van der Waals surface area contributed by atoms with Gasteiger partial charge < -0.3 is 14.7 Å². The maximum absolute atomic E-state index is 13.5. The fourth-order valence-electron chi connectivity index (χ4n) is 4.55. The molecule has 1 aliphatic heterocycles. The van der Waals surface area contributed by atoms with E-state index in [1.54, 1.807) is 28.4 Å². The molecule has 3 aromatic rings. The fourth-order valence-corrected chi connectivity index (χ4v) is 5.48. The smallest absolute Gasteiger partial charge is 0.411 e. The number of thiazole rings is 1. The zero-order chi connectivity index (χ0) is 23.6. The van der Waals surface area contributed by atoms with E-state index in [2.05, 4.69) is 29.2 Å². The zero-order valence-electron chi connectivity index (χ0n) is 19.2. The molecule has 0 radical (unpaired) electrons. The predicted octanol–water partition coefficient (Wildman–Crippen LogP) is 6.14. The van der Waals surface area contributed by atoms with E-state index in [9.17, 15) is 14.3 Å². The summed E-state index contributed by atoms with van der Waals surface area (Å²) in [6, 6.07) is 14.2. The number of carbonyl (C=O) groups excluding carboxylic acids is 1. The van der Waals surface area contributed by atoms with Gasteiger partial charge in [-0.3, -0.25) is 0 Å². The standard InChI is InChI=1S/C26H29FN2O3S/c1-17-24(33-19(3)28-17)21-7-5-20(6-8-21)18(2)29-15-14-26(13-4-16-30,32-25(29)31)22-9-11-23(27)12-10-22/h5-12,18,30H,4,13-16H2,1-3H3/t18-,26?/m0/s1. The van der Waals surface area contributed by atoms with Crippen LogP contribution in [0.4, 0.5) is 9.18 Å². The van der Waals surface area contributed by atoms with Gasteiger partial charge in [-0.25, -0.2) is 14.2 Å². The van der Waals surface area contributed by atoms with E-state index < -0.39 is 11.7 Å². The zero-order valence-corrected chi connectivity index (χ0v) is 20.0. The van der Waals surface area contributed by atoms with Crippen LogP contribution in [0, 0.1) is 19.7 Å². The molecule has 0 saturated carbocycles. The SMILES string of the molecule is Cc1nc(C)c(-c2ccc([C@H](C)N3CCC(CCCO)(c4ccc(F)cc4)OC3=O)cc2)s1. The number of aromatic nitrogens is 1. The van der Waals surface area contributed by atoms with Gasteiger partial charge in [0.05, 0.1) is 21.6 Å². The summed E-state index contributed by atoms with van der Waals surface area (Å²) in [5, 5.41) is 10.4. The number of cyclic esters (lactones) is 1. The summed E-state index contributed by atoms with van der Waals surface area (Å²) in [5.74, 6) is -0.333. The number of aryl methyl sites for hydroxylation is 2. The molecule has 0 bridgehead atoms. The molecule has 7 heteroatoms. The monoisotopic (exact) mass is 468 g/mol. The average molecular weight is 469 g/mol. The summed E-state index contributed by atoms with van der Waals surface area (Å²) >= 11 is 1.68. The van der Waals surface area contributed by atoms with Crippen molar-refractivity contribution in [3.8, 4) is 10.4 Å². The summed E-state index contributed by atoms with van der Waals surface area (Å²) in [5.41, 5.74) is 3.08. The van der Waals surface area contributed by atoms with Crippen molar-refractivity contribution in [1.82, 2.24) is 9.88 Å². The quantitative estimate of drug-likeness (QED) is 0.453. The normalized spacial score (nSPS) is 19.4. The Balaban J connectivity index is 1.52. The van der Waals surface area contributed by atoms with E-state index in [0.717, 1.165) is 32.3 Å². The van der Waals surface area contributed by atoms with E-state index in [4.69, 9.17) is 4.74 Å². The van der Waals surface area contributed by atoms with Crippen molar-refractivity contribution in [1.29, 1.82) is 0 Å². The maximum Gasteiger partial charge on any atom is 0.411 e. The van der Waals surface area contributed by atoms with Gasteiger partial charge in [-0.15, -0.1) is 11.3 Å². The number of nitrogens with zero attached hydrogens (tertiary/aromatic N) is 2. The second-order valence-electron chi connectivity index (χ2n) is 8.59. The van der Waals surface area contributed by atoms with Crippen molar-refractivity contribution in [3.63, 3.8) is 0 Å². The third-order valence-electron chi connectivity index (χ3n) is 6.41. The molecule has 1 N–H and O–H groups in total. The summed E-state index contributed by atoms with van der Waals surface area (Å²) in [4.78, 5) is 20.5. The third-order valence-corrected chi connectivity index (χ3v) is 7.53. The fraction of sp³-hybridized carbons (Fsp3) is 0.385. The van der Waals surface area contributed by atoms with Crippen molar-refractivity contribution in [3.05, 3.63) is 76.2 Å². The number of halogens is 1. The minimum atomic E-state index is -0.852. The molecule has 1 aliphatic rings. The minimum absolute atomic E-state index is 0.00567. The highest BCUT2D eigenvalue weighted by molar-refractivity contribution is 7.15. The molecule has 33 heavy (non-hydrogen) atoms. The molecule has 0 spiro atoms. The first-order valence-corrected chi connectivity index (χ1v) is 12.1. The number of benzene rings is 2. The summed E-state index contributed by atoms with van der Waals surface area (Å²) in [7, 11) is 0. The number of rotatable bonds is 7. The van der Waals surface area contributed by atoms with Crippen LogP contribution in [0.2, 0.25) is 0 Å². The van der Waals surface area contributed by atoms with Gasteiger partial charge in [-0.2, -0.15) is 0 Å². The van der Waals surface area contributed by atoms with Crippen molar-refractivity contribution in [2.24, 2.45) is 0 Å². The number of hydrogen-bond donors (Lipinski definition) is 1. The Hall–Kier alpha value is -2.77. The molecule has 1 unspecified atom stereocenters. The van der Waals surface area contributed by atoms with Crippen LogP contribution in [0.15, 0.2) is 48.5 Å². The third kappa shape index (κ3) is 4.80. The number of ether oxygens (including phenoxy) is 1. The van der Waals surface area contributed by atoms with Crippen molar-refractivity contribution in [2.45, 2.75) is 51.7 Å². The van der Waals surface area contributed by atoms with Crippen LogP contribution in [0.5, 0.6) is 0 Å². The molecule has 1 saturated heterocycles. The molecule has 5 nitrogen and oxygen atoms in total. The Kier molecular flexibility index (Phi) is 6.81. The summed E-state index contributed by atoms with van der Waals surface area (Å²) in [6.45, 7) is 6.54. The molecule has 1 amide bonds. The first-order valence-electron chi connectivity index (χ1n) is 11.2. The Morgan fingerprint density at radius 2 is 1.88 bits per heavy atom. The predicted molar refractivity (Wildman–Crippen MR) is 128 cm³/mol. The first kappa shape index (κ1) is 23.4. The molecule has 4 rings (SSSR count). The molecule has 1 fully saturated rings. The lowest BCUT2D eigenvalue weighted by Gasteiger charge is -2.43. The number of aliphatic hydroxyl groups excluding tert-OH is 1. The highest BCUT2D eigenvalue weighted by atomic mass is 32.1. The van der Waals surface area contributed by atoms with Crippen LogP contribution in [0.3, 0.4) is 0 Å². The second kappa shape index (κ2) is 9.61. The highest BCUT2D eigenvalue weighted by Crippen LogP contribution is 2.40. The Morgan fingerprint density at radius 3 is 2.45 bits per heavy atom. The minimum Gasteiger partial charge on any atom is -0.438 e. The van der Waals surface area contributed by atoms with Crippen LogP contribution in [-0.2, 0) is 10.3 Å². The van der Waals surface area contributed by atoms with Gasteiger partial charge in [-0.1, -0.05) is 36.4 Å². The lowest BCUT2D eigenvalue weighted by molar-refractivity contribution is -0.0680. The van der Waals surface area contributed by atoms with Gasteiger partial charge >= 0.3 is 6.09 Å². The van der Waals surface area contributed by atoms with Gasteiger partial charge in [0, 0.05) is 19.6 Å². The number of carbonyl (C=O) groups is 1. The molecular weight excluding hydrogens is 439 g/mol. The van der Waals surface area contributed by atoms with Crippen LogP contribution in [0.1, 0.15) is 54.1 Å². The topological polar surface area (TPSA) is 62.7 Å². The van der Waals surface area contributed by atoms with Crippen LogP contribution >= 0.6 is 11.3 Å². The Bertz CT molecular complexity index is 1110. The Labute approximate surface area is 197 Å². The van der Waals surface area contributed by atoms with Gasteiger partial charge in [0.1, 0.15) is 11.4 Å². The number of amides is 1. The largest absolute Gasteiger partial charge is 0.438 e. The van der Waals surface area contributed by atoms with E-state index in [-0.39, 0.29) is 18.5 Å². The number of aliphatic hydroxyl groups is 1. The average Bonchev–Trinajstić information content (AvgIpc) is 3.15. The van der Waals surface area contributed by atoms with Gasteiger partial charge in [0.2, 0.25) is 0 Å². The van der Waals surface area contributed by atoms with E-state index >= 15 is 0 Å². The van der Waals surface area contributed by atoms with Gasteiger partial charge in [-0.05, 0) is 62.4 Å². The highest BCUT2D eigenvalue weighted by Gasteiger charge is 2.43. The van der Waals surface area contributed by atoms with E-state index in [0.29, 0.717) is 25.8 Å². The molecule has 174 valence electrons. The molecule has 2 heterocycles. The molecule has 0 aliphatic carbocycles. The Morgan fingerprint density at radius 1 is 1.18 bits per heavy atom. The van der Waals surface area contributed by atoms with E-state index in [1.807, 2.05) is 20.8 Å². The molecular formula is C26H29FN2O3S. The number of hydrogen-bond acceptors (Lipinski definition) is 5. The maximum atomic E-state index is 13.5. The van der Waals surface area contributed by atoms with Crippen LogP contribution in [-0.4, -0.2) is 34.2 Å². The lowest BCUT2D eigenvalue weighted by Crippen LogP contribution is -2.48. The molecule has 1 aromatic heterocycles. The lowest BCUT2D eigenvalue weighted by atomic mass is 9.84. The van der Waals surface area contributed by atoms with Crippen molar-refractivity contribution in [2.75, 3.05) is 13.2 Å². The molecule has 2 aromatic carbocycles. The van der Waals surface area contributed by atoms with Crippen LogP contribution in [0.25, 0.3) is 10.4 Å². The van der Waals surface area contributed by atoms with E-state index in [1.165, 1.54) is 12.1 Å². The second-order valence-corrected chi connectivity index (χ2v) is 9.79. The summed E-state index contributed by atoms with van der Waals surface area (Å²) < 4.78 is 19.5. The molecule has 2 atom stereocenters. The van der Waals surface area contributed by atoms with Crippen molar-refractivity contribution < 1.29 is 19.0 Å². The van der Waals surface area contributed by atoms with Gasteiger partial charge in [0.15, 0.2) is 0 Å². The first-order chi connectivity index (χ1) is 15.8. The summed E-state index contributed by atoms with van der Waals surface area (Å²) in [6.07, 6.45) is 1.17. The van der Waals surface area contributed by atoms with Gasteiger partial charge in [0.25, 0.3) is 0 Å².